The monoisotopic (exact) mass is 300 g/mol. The number of rotatable bonds is 4. The Morgan fingerprint density at radius 2 is 2.14 bits per heavy atom. The van der Waals surface area contributed by atoms with Gasteiger partial charge in [0, 0.05) is 37.7 Å². The van der Waals surface area contributed by atoms with Crippen molar-refractivity contribution in [3.63, 3.8) is 0 Å². The van der Waals surface area contributed by atoms with E-state index in [9.17, 15) is 4.79 Å². The number of thiophene rings is 1. The van der Waals surface area contributed by atoms with Crippen molar-refractivity contribution in [2.24, 2.45) is 5.92 Å². The van der Waals surface area contributed by atoms with Gasteiger partial charge in [0.1, 0.15) is 0 Å². The number of carbonyl (C=O) groups excluding carboxylic acids is 1. The predicted molar refractivity (Wildman–Crippen MR) is 88.0 cm³/mol. The Balaban J connectivity index is 1.56. The maximum atomic E-state index is 12.3. The van der Waals surface area contributed by atoms with E-state index in [4.69, 9.17) is 0 Å². The first kappa shape index (κ1) is 14.1. The first-order chi connectivity index (χ1) is 10.2. The number of hydrogen-bond donors (Lipinski definition) is 0. The summed E-state index contributed by atoms with van der Waals surface area (Å²) in [5.41, 5.74) is 2.09. The molecule has 1 amide bonds. The van der Waals surface area contributed by atoms with E-state index in [-0.39, 0.29) is 5.91 Å². The van der Waals surface area contributed by atoms with E-state index in [1.807, 2.05) is 34.8 Å². The Morgan fingerprint density at radius 3 is 2.86 bits per heavy atom. The SMILES string of the molecule is CN(CC1CCN(c2ccccc2)C1)C(=O)c1ccsc1. The highest BCUT2D eigenvalue weighted by Crippen LogP contribution is 2.24. The topological polar surface area (TPSA) is 23.6 Å². The smallest absolute Gasteiger partial charge is 0.254 e. The molecular formula is C17H20N2OS. The molecule has 3 rings (SSSR count). The van der Waals surface area contributed by atoms with Crippen molar-refractivity contribution in [3.8, 4) is 0 Å². The Labute approximate surface area is 129 Å². The van der Waals surface area contributed by atoms with Crippen LogP contribution in [0.1, 0.15) is 16.8 Å². The molecule has 4 heteroatoms. The molecule has 110 valence electrons. The van der Waals surface area contributed by atoms with Gasteiger partial charge in [-0.05, 0) is 35.9 Å². The quantitative estimate of drug-likeness (QED) is 0.864. The Hall–Kier alpha value is -1.81. The van der Waals surface area contributed by atoms with Crippen LogP contribution in [-0.4, -0.2) is 37.5 Å². The van der Waals surface area contributed by atoms with Crippen LogP contribution in [0.4, 0.5) is 5.69 Å². The van der Waals surface area contributed by atoms with Crippen LogP contribution in [-0.2, 0) is 0 Å². The van der Waals surface area contributed by atoms with Crippen LogP contribution < -0.4 is 4.90 Å². The molecule has 0 N–H and O–H groups in total. The normalized spacial score (nSPS) is 18.0. The molecule has 3 nitrogen and oxygen atoms in total. The highest BCUT2D eigenvalue weighted by molar-refractivity contribution is 7.08. The lowest BCUT2D eigenvalue weighted by Gasteiger charge is -2.22. The lowest BCUT2D eigenvalue weighted by molar-refractivity contribution is 0.0777. The van der Waals surface area contributed by atoms with Crippen LogP contribution >= 0.6 is 11.3 Å². The number of para-hydroxylation sites is 1. The van der Waals surface area contributed by atoms with Gasteiger partial charge in [-0.2, -0.15) is 11.3 Å². The minimum absolute atomic E-state index is 0.134. The van der Waals surface area contributed by atoms with E-state index < -0.39 is 0 Å². The molecule has 1 aliphatic heterocycles. The van der Waals surface area contributed by atoms with E-state index >= 15 is 0 Å². The minimum Gasteiger partial charge on any atom is -0.371 e. The molecule has 1 saturated heterocycles. The van der Waals surface area contributed by atoms with Gasteiger partial charge in [0.15, 0.2) is 0 Å². The molecule has 1 unspecified atom stereocenters. The lowest BCUT2D eigenvalue weighted by atomic mass is 10.1. The van der Waals surface area contributed by atoms with Crippen molar-refractivity contribution < 1.29 is 4.79 Å². The highest BCUT2D eigenvalue weighted by Gasteiger charge is 2.25. The summed E-state index contributed by atoms with van der Waals surface area (Å²) in [6.07, 6.45) is 1.15. The van der Waals surface area contributed by atoms with Crippen molar-refractivity contribution >= 4 is 22.9 Å². The van der Waals surface area contributed by atoms with Crippen molar-refractivity contribution in [1.29, 1.82) is 0 Å². The van der Waals surface area contributed by atoms with E-state index in [1.54, 1.807) is 11.3 Å². The van der Waals surface area contributed by atoms with Gasteiger partial charge >= 0.3 is 0 Å². The molecule has 0 radical (unpaired) electrons. The number of amides is 1. The maximum Gasteiger partial charge on any atom is 0.254 e. The minimum atomic E-state index is 0.134. The summed E-state index contributed by atoms with van der Waals surface area (Å²) in [5, 5.41) is 3.87. The molecule has 0 spiro atoms. The van der Waals surface area contributed by atoms with E-state index in [2.05, 4.69) is 29.2 Å². The molecular weight excluding hydrogens is 280 g/mol. The number of anilines is 1. The second kappa shape index (κ2) is 6.31. The molecule has 2 heterocycles. The summed E-state index contributed by atoms with van der Waals surface area (Å²) >= 11 is 1.57. The van der Waals surface area contributed by atoms with E-state index in [1.165, 1.54) is 5.69 Å². The summed E-state index contributed by atoms with van der Waals surface area (Å²) in [7, 11) is 1.91. The number of carbonyl (C=O) groups is 1. The highest BCUT2D eigenvalue weighted by atomic mass is 32.1. The number of benzene rings is 1. The lowest BCUT2D eigenvalue weighted by Crippen LogP contribution is -2.33. The van der Waals surface area contributed by atoms with Gasteiger partial charge in [-0.3, -0.25) is 4.79 Å². The standard InChI is InChI=1S/C17H20N2OS/c1-18(17(20)15-8-10-21-13-15)11-14-7-9-19(12-14)16-5-3-2-4-6-16/h2-6,8,10,13-14H,7,9,11-12H2,1H3. The molecule has 1 atom stereocenters. The van der Waals surface area contributed by atoms with Crippen LogP contribution in [0.15, 0.2) is 47.2 Å². The molecule has 21 heavy (non-hydrogen) atoms. The Kier molecular flexibility index (Phi) is 4.25. The molecule has 1 aliphatic rings. The van der Waals surface area contributed by atoms with Crippen LogP contribution in [0.25, 0.3) is 0 Å². The third kappa shape index (κ3) is 3.27. The zero-order valence-electron chi connectivity index (χ0n) is 12.2. The molecule has 1 aromatic carbocycles. The van der Waals surface area contributed by atoms with Gasteiger partial charge < -0.3 is 9.80 Å². The number of nitrogens with zero attached hydrogens (tertiary/aromatic N) is 2. The van der Waals surface area contributed by atoms with Crippen LogP contribution in [0.2, 0.25) is 0 Å². The first-order valence-corrected chi connectivity index (χ1v) is 8.26. The molecule has 1 fully saturated rings. The molecule has 0 bridgehead atoms. The van der Waals surface area contributed by atoms with E-state index in [0.29, 0.717) is 5.92 Å². The van der Waals surface area contributed by atoms with Gasteiger partial charge in [0.25, 0.3) is 5.91 Å². The van der Waals surface area contributed by atoms with Gasteiger partial charge in [0.05, 0.1) is 5.56 Å². The molecule has 1 aromatic heterocycles. The summed E-state index contributed by atoms with van der Waals surface area (Å²) in [6.45, 7) is 2.94. The third-order valence-corrected chi connectivity index (χ3v) is 4.74. The second-order valence-corrected chi connectivity index (χ2v) is 6.41. The largest absolute Gasteiger partial charge is 0.371 e. The van der Waals surface area contributed by atoms with Crippen molar-refractivity contribution in [3.05, 3.63) is 52.7 Å². The van der Waals surface area contributed by atoms with Gasteiger partial charge in [-0.15, -0.1) is 0 Å². The zero-order valence-corrected chi connectivity index (χ0v) is 13.1. The molecule has 0 aliphatic carbocycles. The average Bonchev–Trinajstić information content (AvgIpc) is 3.19. The van der Waals surface area contributed by atoms with Crippen LogP contribution in [0, 0.1) is 5.92 Å². The fourth-order valence-electron chi connectivity index (χ4n) is 2.93. The van der Waals surface area contributed by atoms with Gasteiger partial charge in [0.2, 0.25) is 0 Å². The van der Waals surface area contributed by atoms with Crippen molar-refractivity contribution in [2.75, 3.05) is 31.6 Å². The zero-order chi connectivity index (χ0) is 14.7. The van der Waals surface area contributed by atoms with Crippen molar-refractivity contribution in [1.82, 2.24) is 4.90 Å². The van der Waals surface area contributed by atoms with E-state index in [0.717, 1.165) is 31.6 Å². The van der Waals surface area contributed by atoms with Crippen LogP contribution in [0.5, 0.6) is 0 Å². The maximum absolute atomic E-state index is 12.3. The fourth-order valence-corrected chi connectivity index (χ4v) is 3.56. The summed E-state index contributed by atoms with van der Waals surface area (Å²) < 4.78 is 0. The third-order valence-electron chi connectivity index (χ3n) is 4.05. The fraction of sp³-hybridized carbons (Fsp3) is 0.353. The average molecular weight is 300 g/mol. The molecule has 0 saturated carbocycles. The van der Waals surface area contributed by atoms with Gasteiger partial charge in [-0.1, -0.05) is 18.2 Å². The number of hydrogen-bond acceptors (Lipinski definition) is 3. The predicted octanol–water partition coefficient (Wildman–Crippen LogP) is 3.35. The van der Waals surface area contributed by atoms with Gasteiger partial charge in [-0.25, -0.2) is 0 Å². The summed E-state index contributed by atoms with van der Waals surface area (Å²) in [6, 6.07) is 12.4. The Morgan fingerprint density at radius 1 is 1.33 bits per heavy atom. The molecule has 2 aromatic rings. The summed E-state index contributed by atoms with van der Waals surface area (Å²) in [4.78, 5) is 16.5. The Bertz CT molecular complexity index is 582. The summed E-state index contributed by atoms with van der Waals surface area (Å²) in [5.74, 6) is 0.687. The van der Waals surface area contributed by atoms with Crippen molar-refractivity contribution in [2.45, 2.75) is 6.42 Å². The second-order valence-electron chi connectivity index (χ2n) is 5.63. The first-order valence-electron chi connectivity index (χ1n) is 7.31. The van der Waals surface area contributed by atoms with Crippen LogP contribution in [0.3, 0.4) is 0 Å².